The van der Waals surface area contributed by atoms with Gasteiger partial charge in [-0.1, -0.05) is 50.1 Å². The molecule has 28 heavy (non-hydrogen) atoms. The maximum absolute atomic E-state index is 12.2. The highest BCUT2D eigenvalue weighted by molar-refractivity contribution is 5.91. The first-order valence-electron chi connectivity index (χ1n) is 9.79. The van der Waals surface area contributed by atoms with Gasteiger partial charge in [-0.05, 0) is 49.6 Å². The molecule has 2 aromatic carbocycles. The standard InChI is InChI=1S/C23H29NO4/c1-4-6-15-27-20-13-11-19(12-14-20)23(26)28-16-22(25)24-21(5-2)18-9-7-17(3)8-10-18/h7-14,21H,4-6,15-16H2,1-3H3,(H,24,25)/t21-/m1/s1. The van der Waals surface area contributed by atoms with Gasteiger partial charge in [-0.25, -0.2) is 4.79 Å². The predicted molar refractivity (Wildman–Crippen MR) is 109 cm³/mol. The van der Waals surface area contributed by atoms with Crippen molar-refractivity contribution < 1.29 is 19.1 Å². The number of hydrogen-bond donors (Lipinski definition) is 1. The topological polar surface area (TPSA) is 64.6 Å². The third kappa shape index (κ3) is 6.72. The molecule has 0 fully saturated rings. The second-order valence-corrected chi connectivity index (χ2v) is 6.74. The lowest BCUT2D eigenvalue weighted by Crippen LogP contribution is -2.32. The van der Waals surface area contributed by atoms with Crippen LogP contribution in [0.4, 0.5) is 0 Å². The minimum Gasteiger partial charge on any atom is -0.494 e. The normalized spacial score (nSPS) is 11.5. The van der Waals surface area contributed by atoms with E-state index in [9.17, 15) is 9.59 Å². The Bertz CT molecular complexity index is 753. The maximum atomic E-state index is 12.2. The van der Waals surface area contributed by atoms with Gasteiger partial charge in [0.2, 0.25) is 0 Å². The van der Waals surface area contributed by atoms with Crippen molar-refractivity contribution in [2.75, 3.05) is 13.2 Å². The van der Waals surface area contributed by atoms with E-state index in [0.717, 1.165) is 24.8 Å². The molecule has 0 heterocycles. The zero-order chi connectivity index (χ0) is 20.4. The number of unbranched alkanes of at least 4 members (excludes halogenated alkanes) is 1. The fraction of sp³-hybridized carbons (Fsp3) is 0.391. The molecule has 0 aliphatic carbocycles. The Kier molecular flexibility index (Phi) is 8.53. The Morgan fingerprint density at radius 2 is 1.68 bits per heavy atom. The summed E-state index contributed by atoms with van der Waals surface area (Å²) in [5.41, 5.74) is 2.59. The third-order valence-corrected chi connectivity index (χ3v) is 4.41. The van der Waals surface area contributed by atoms with Gasteiger partial charge in [0.05, 0.1) is 18.2 Å². The number of hydrogen-bond acceptors (Lipinski definition) is 4. The molecule has 5 heteroatoms. The van der Waals surface area contributed by atoms with Crippen LogP contribution in [-0.2, 0) is 9.53 Å². The number of aryl methyl sites for hydroxylation is 1. The molecular formula is C23H29NO4. The Hall–Kier alpha value is -2.82. The zero-order valence-electron chi connectivity index (χ0n) is 16.9. The van der Waals surface area contributed by atoms with E-state index in [1.165, 1.54) is 5.56 Å². The smallest absolute Gasteiger partial charge is 0.338 e. The summed E-state index contributed by atoms with van der Waals surface area (Å²) in [6.07, 6.45) is 2.80. The number of rotatable bonds is 10. The first kappa shape index (κ1) is 21.5. The average molecular weight is 383 g/mol. The van der Waals surface area contributed by atoms with Gasteiger partial charge in [0.1, 0.15) is 5.75 Å². The number of amides is 1. The van der Waals surface area contributed by atoms with Crippen LogP contribution in [0, 0.1) is 6.92 Å². The van der Waals surface area contributed by atoms with Gasteiger partial charge in [0.15, 0.2) is 6.61 Å². The average Bonchev–Trinajstić information content (AvgIpc) is 2.71. The molecule has 0 saturated heterocycles. The van der Waals surface area contributed by atoms with E-state index in [2.05, 4.69) is 12.2 Å². The largest absolute Gasteiger partial charge is 0.494 e. The van der Waals surface area contributed by atoms with Crippen molar-refractivity contribution in [3.63, 3.8) is 0 Å². The van der Waals surface area contributed by atoms with Crippen LogP contribution in [0.2, 0.25) is 0 Å². The number of ether oxygens (including phenoxy) is 2. The summed E-state index contributed by atoms with van der Waals surface area (Å²) in [5, 5.41) is 2.91. The van der Waals surface area contributed by atoms with E-state index in [1.54, 1.807) is 24.3 Å². The monoisotopic (exact) mass is 383 g/mol. The Labute approximate surface area is 167 Å². The van der Waals surface area contributed by atoms with Gasteiger partial charge in [-0.15, -0.1) is 0 Å². The highest BCUT2D eigenvalue weighted by atomic mass is 16.5. The van der Waals surface area contributed by atoms with Crippen LogP contribution < -0.4 is 10.1 Å². The molecule has 5 nitrogen and oxygen atoms in total. The molecule has 2 rings (SSSR count). The van der Waals surface area contributed by atoms with Crippen LogP contribution in [0.3, 0.4) is 0 Å². The van der Waals surface area contributed by atoms with Crippen molar-refractivity contribution in [1.82, 2.24) is 5.32 Å². The third-order valence-electron chi connectivity index (χ3n) is 4.41. The minimum atomic E-state index is -0.529. The molecule has 1 atom stereocenters. The van der Waals surface area contributed by atoms with Crippen LogP contribution in [0.25, 0.3) is 0 Å². The van der Waals surface area contributed by atoms with Crippen molar-refractivity contribution in [2.24, 2.45) is 0 Å². The van der Waals surface area contributed by atoms with E-state index < -0.39 is 5.97 Å². The molecule has 0 radical (unpaired) electrons. The Balaban J connectivity index is 1.82. The van der Waals surface area contributed by atoms with Gasteiger partial charge in [-0.2, -0.15) is 0 Å². The molecule has 2 aromatic rings. The molecule has 0 bridgehead atoms. The van der Waals surface area contributed by atoms with Crippen LogP contribution in [0.1, 0.15) is 60.6 Å². The van der Waals surface area contributed by atoms with E-state index in [0.29, 0.717) is 17.9 Å². The fourth-order valence-corrected chi connectivity index (χ4v) is 2.69. The van der Waals surface area contributed by atoms with Gasteiger partial charge in [0, 0.05) is 0 Å². The van der Waals surface area contributed by atoms with Gasteiger partial charge < -0.3 is 14.8 Å². The van der Waals surface area contributed by atoms with Crippen LogP contribution in [0.5, 0.6) is 5.75 Å². The number of benzene rings is 2. The van der Waals surface area contributed by atoms with Crippen LogP contribution in [-0.4, -0.2) is 25.1 Å². The molecular weight excluding hydrogens is 354 g/mol. The Morgan fingerprint density at radius 1 is 1.00 bits per heavy atom. The van der Waals surface area contributed by atoms with Gasteiger partial charge >= 0.3 is 5.97 Å². The summed E-state index contributed by atoms with van der Waals surface area (Å²) in [5.74, 6) is -0.134. The summed E-state index contributed by atoms with van der Waals surface area (Å²) in [4.78, 5) is 24.3. The lowest BCUT2D eigenvalue weighted by molar-refractivity contribution is -0.125. The molecule has 0 aliphatic heterocycles. The Morgan fingerprint density at radius 3 is 2.29 bits per heavy atom. The number of esters is 1. The van der Waals surface area contributed by atoms with E-state index in [1.807, 2.05) is 38.1 Å². The van der Waals surface area contributed by atoms with Crippen LogP contribution >= 0.6 is 0 Å². The second kappa shape index (κ2) is 11.1. The minimum absolute atomic E-state index is 0.105. The second-order valence-electron chi connectivity index (χ2n) is 6.74. The van der Waals surface area contributed by atoms with Gasteiger partial charge in [0.25, 0.3) is 5.91 Å². The maximum Gasteiger partial charge on any atom is 0.338 e. The summed E-state index contributed by atoms with van der Waals surface area (Å²) >= 11 is 0. The lowest BCUT2D eigenvalue weighted by atomic mass is 10.0. The van der Waals surface area contributed by atoms with Crippen molar-refractivity contribution in [3.8, 4) is 5.75 Å². The molecule has 0 unspecified atom stereocenters. The van der Waals surface area contributed by atoms with Crippen molar-refractivity contribution >= 4 is 11.9 Å². The molecule has 0 saturated carbocycles. The highest BCUT2D eigenvalue weighted by Crippen LogP contribution is 2.17. The molecule has 0 aliphatic rings. The molecule has 1 amide bonds. The SMILES string of the molecule is CCCCOc1ccc(C(=O)OCC(=O)N[C@H](CC)c2ccc(C)cc2)cc1. The first-order valence-corrected chi connectivity index (χ1v) is 9.79. The number of nitrogens with one attached hydrogen (secondary N) is 1. The first-order chi connectivity index (χ1) is 13.5. The quantitative estimate of drug-likeness (QED) is 0.481. The summed E-state index contributed by atoms with van der Waals surface area (Å²) < 4.78 is 10.7. The molecule has 1 N–H and O–H groups in total. The summed E-state index contributed by atoms with van der Waals surface area (Å²) in [6, 6.07) is 14.7. The number of carbonyl (C=O) groups is 2. The van der Waals surface area contributed by atoms with E-state index in [-0.39, 0.29) is 18.6 Å². The predicted octanol–water partition coefficient (Wildman–Crippen LogP) is 4.60. The zero-order valence-corrected chi connectivity index (χ0v) is 16.9. The lowest BCUT2D eigenvalue weighted by Gasteiger charge is -2.17. The van der Waals surface area contributed by atoms with Crippen LogP contribution in [0.15, 0.2) is 48.5 Å². The summed E-state index contributed by atoms with van der Waals surface area (Å²) in [7, 11) is 0. The molecule has 0 spiro atoms. The fourth-order valence-electron chi connectivity index (χ4n) is 2.69. The number of carbonyl (C=O) groups excluding carboxylic acids is 2. The highest BCUT2D eigenvalue weighted by Gasteiger charge is 2.15. The molecule has 150 valence electrons. The van der Waals surface area contributed by atoms with E-state index >= 15 is 0 Å². The molecule has 0 aromatic heterocycles. The van der Waals surface area contributed by atoms with Crippen molar-refractivity contribution in [1.29, 1.82) is 0 Å². The van der Waals surface area contributed by atoms with Crippen molar-refractivity contribution in [3.05, 3.63) is 65.2 Å². The van der Waals surface area contributed by atoms with Crippen molar-refractivity contribution in [2.45, 2.75) is 46.1 Å². The summed E-state index contributed by atoms with van der Waals surface area (Å²) in [6.45, 7) is 6.46. The van der Waals surface area contributed by atoms with E-state index in [4.69, 9.17) is 9.47 Å². The van der Waals surface area contributed by atoms with Gasteiger partial charge in [-0.3, -0.25) is 4.79 Å².